The predicted molar refractivity (Wildman–Crippen MR) is 83.5 cm³/mol. The van der Waals surface area contributed by atoms with E-state index >= 15 is 0 Å². The number of carbonyl (C=O) groups excluding carboxylic acids is 1. The van der Waals surface area contributed by atoms with Crippen LogP contribution in [0.15, 0.2) is 18.2 Å². The third-order valence-electron chi connectivity index (χ3n) is 3.09. The smallest absolute Gasteiger partial charge is 0.273 e. The Labute approximate surface area is 125 Å². The highest BCUT2D eigenvalue weighted by Crippen LogP contribution is 2.27. The second-order valence-corrected chi connectivity index (χ2v) is 7.33. The van der Waals surface area contributed by atoms with Gasteiger partial charge in [0.15, 0.2) is 0 Å². The summed E-state index contributed by atoms with van der Waals surface area (Å²) in [6, 6.07) is 4.55. The zero-order valence-corrected chi connectivity index (χ0v) is 13.6. The molecule has 0 fully saturated rings. The van der Waals surface area contributed by atoms with E-state index in [1.54, 1.807) is 19.1 Å². The van der Waals surface area contributed by atoms with E-state index in [1.807, 2.05) is 13.8 Å². The first-order valence-corrected chi connectivity index (χ1v) is 6.99. The molecular weight excluding hydrogens is 268 g/mol. The van der Waals surface area contributed by atoms with Crippen molar-refractivity contribution in [1.29, 1.82) is 0 Å². The molecule has 1 aromatic carbocycles. The second-order valence-electron chi connectivity index (χ2n) is 7.33. The second kappa shape index (κ2) is 5.84. The molecule has 0 saturated carbocycles. The average molecular weight is 292 g/mol. The maximum atomic E-state index is 12.3. The average Bonchev–Trinajstić information content (AvgIpc) is 2.24. The zero-order valence-electron chi connectivity index (χ0n) is 13.6. The number of benzene rings is 1. The van der Waals surface area contributed by atoms with Gasteiger partial charge in [-0.2, -0.15) is 0 Å². The Morgan fingerprint density at radius 2 is 1.81 bits per heavy atom. The molecule has 0 atom stereocenters. The largest absolute Gasteiger partial charge is 0.347 e. The standard InChI is InChI=1S/C16H24N2O3/c1-11-7-8-12(9-13(11)18(20)21)14(19)17-16(5,6)10-15(2,3)4/h7-9H,10H2,1-6H3,(H,17,19). The number of nitro groups is 1. The molecule has 5 nitrogen and oxygen atoms in total. The fraction of sp³-hybridized carbons (Fsp3) is 0.562. The first-order valence-electron chi connectivity index (χ1n) is 6.99. The molecule has 0 heterocycles. The molecular formula is C16H24N2O3. The third-order valence-corrected chi connectivity index (χ3v) is 3.09. The Morgan fingerprint density at radius 1 is 1.24 bits per heavy atom. The van der Waals surface area contributed by atoms with Crippen molar-refractivity contribution in [3.05, 3.63) is 39.4 Å². The highest BCUT2D eigenvalue weighted by molar-refractivity contribution is 5.95. The number of aryl methyl sites for hydroxylation is 1. The predicted octanol–water partition coefficient (Wildman–Crippen LogP) is 3.85. The van der Waals surface area contributed by atoms with Gasteiger partial charge in [-0.3, -0.25) is 14.9 Å². The van der Waals surface area contributed by atoms with Gasteiger partial charge < -0.3 is 5.32 Å². The van der Waals surface area contributed by atoms with Crippen LogP contribution in [0.25, 0.3) is 0 Å². The van der Waals surface area contributed by atoms with Gasteiger partial charge in [-0.25, -0.2) is 0 Å². The van der Waals surface area contributed by atoms with Gasteiger partial charge in [0.2, 0.25) is 0 Å². The van der Waals surface area contributed by atoms with Crippen LogP contribution in [-0.4, -0.2) is 16.4 Å². The van der Waals surface area contributed by atoms with Crippen molar-refractivity contribution in [2.45, 2.75) is 53.5 Å². The Bertz CT molecular complexity index is 557. The summed E-state index contributed by atoms with van der Waals surface area (Å²) in [6.07, 6.45) is 0.805. The Kier molecular flexibility index (Phi) is 4.76. The molecule has 0 radical (unpaired) electrons. The van der Waals surface area contributed by atoms with Crippen LogP contribution >= 0.6 is 0 Å². The molecule has 0 saturated heterocycles. The van der Waals surface area contributed by atoms with Crippen molar-refractivity contribution in [2.75, 3.05) is 0 Å². The summed E-state index contributed by atoms with van der Waals surface area (Å²) in [5.74, 6) is -0.285. The van der Waals surface area contributed by atoms with Gasteiger partial charge in [-0.15, -0.1) is 0 Å². The summed E-state index contributed by atoms with van der Waals surface area (Å²) in [4.78, 5) is 22.8. The lowest BCUT2D eigenvalue weighted by Gasteiger charge is -2.33. The lowest BCUT2D eigenvalue weighted by Crippen LogP contribution is -2.45. The summed E-state index contributed by atoms with van der Waals surface area (Å²) >= 11 is 0. The van der Waals surface area contributed by atoms with Crippen LogP contribution in [0.4, 0.5) is 5.69 Å². The normalized spacial score (nSPS) is 12.1. The fourth-order valence-electron chi connectivity index (χ4n) is 2.70. The first-order chi connectivity index (χ1) is 9.41. The van der Waals surface area contributed by atoms with Crippen molar-refractivity contribution in [1.82, 2.24) is 5.32 Å². The highest BCUT2D eigenvalue weighted by atomic mass is 16.6. The van der Waals surface area contributed by atoms with E-state index in [-0.39, 0.29) is 22.5 Å². The van der Waals surface area contributed by atoms with Gasteiger partial charge >= 0.3 is 0 Å². The number of hydrogen-bond acceptors (Lipinski definition) is 3. The van der Waals surface area contributed by atoms with E-state index in [9.17, 15) is 14.9 Å². The number of amides is 1. The SMILES string of the molecule is Cc1ccc(C(=O)NC(C)(C)CC(C)(C)C)cc1[N+](=O)[O-]. The highest BCUT2D eigenvalue weighted by Gasteiger charge is 2.27. The maximum Gasteiger partial charge on any atom is 0.273 e. The summed E-state index contributed by atoms with van der Waals surface area (Å²) in [5.41, 5.74) is 0.529. The third kappa shape index (κ3) is 5.17. The molecule has 0 aliphatic heterocycles. The summed E-state index contributed by atoms with van der Waals surface area (Å²) in [6.45, 7) is 11.9. The summed E-state index contributed by atoms with van der Waals surface area (Å²) in [5, 5.41) is 13.9. The Morgan fingerprint density at radius 3 is 2.29 bits per heavy atom. The molecule has 0 bridgehead atoms. The minimum atomic E-state index is -0.466. The molecule has 1 amide bonds. The van der Waals surface area contributed by atoms with Crippen molar-refractivity contribution in [3.63, 3.8) is 0 Å². The Balaban J connectivity index is 2.95. The van der Waals surface area contributed by atoms with Crippen LogP contribution < -0.4 is 5.32 Å². The molecule has 116 valence electrons. The van der Waals surface area contributed by atoms with Gasteiger partial charge in [0, 0.05) is 22.7 Å². The molecule has 5 heteroatoms. The number of rotatable bonds is 4. The Hall–Kier alpha value is -1.91. The van der Waals surface area contributed by atoms with Gasteiger partial charge in [0.1, 0.15) is 0 Å². The number of hydrogen-bond donors (Lipinski definition) is 1. The van der Waals surface area contributed by atoms with Gasteiger partial charge in [-0.05, 0) is 38.7 Å². The molecule has 0 aliphatic rings. The topological polar surface area (TPSA) is 72.2 Å². The van der Waals surface area contributed by atoms with Crippen LogP contribution in [0.3, 0.4) is 0 Å². The zero-order chi connectivity index (χ0) is 16.4. The van der Waals surface area contributed by atoms with Crippen molar-refractivity contribution in [2.24, 2.45) is 5.41 Å². The first kappa shape index (κ1) is 17.1. The van der Waals surface area contributed by atoms with E-state index in [2.05, 4.69) is 26.1 Å². The number of nitro benzene ring substituents is 1. The summed E-state index contributed by atoms with van der Waals surface area (Å²) in [7, 11) is 0. The van der Waals surface area contributed by atoms with E-state index in [0.29, 0.717) is 11.1 Å². The van der Waals surface area contributed by atoms with Crippen LogP contribution in [-0.2, 0) is 0 Å². The van der Waals surface area contributed by atoms with E-state index in [4.69, 9.17) is 0 Å². The minimum Gasteiger partial charge on any atom is -0.347 e. The molecule has 0 aromatic heterocycles. The number of nitrogens with one attached hydrogen (secondary N) is 1. The number of nitrogens with zero attached hydrogens (tertiary/aromatic N) is 1. The monoisotopic (exact) mass is 292 g/mol. The molecule has 1 rings (SSSR count). The lowest BCUT2D eigenvalue weighted by molar-refractivity contribution is -0.385. The van der Waals surface area contributed by atoms with Crippen LogP contribution in [0.2, 0.25) is 0 Å². The van der Waals surface area contributed by atoms with E-state index in [1.165, 1.54) is 6.07 Å². The molecule has 1 N–H and O–H groups in total. The molecule has 0 spiro atoms. The van der Waals surface area contributed by atoms with Crippen LogP contribution in [0.1, 0.15) is 57.0 Å². The van der Waals surface area contributed by atoms with Crippen molar-refractivity contribution in [3.8, 4) is 0 Å². The van der Waals surface area contributed by atoms with Crippen LogP contribution in [0.5, 0.6) is 0 Å². The van der Waals surface area contributed by atoms with Gasteiger partial charge in [0.25, 0.3) is 11.6 Å². The van der Waals surface area contributed by atoms with Crippen LogP contribution in [0, 0.1) is 22.5 Å². The van der Waals surface area contributed by atoms with E-state index < -0.39 is 4.92 Å². The van der Waals surface area contributed by atoms with E-state index in [0.717, 1.165) is 6.42 Å². The molecule has 0 aliphatic carbocycles. The summed E-state index contributed by atoms with van der Waals surface area (Å²) < 4.78 is 0. The molecule has 0 unspecified atom stereocenters. The quantitative estimate of drug-likeness (QED) is 0.676. The number of carbonyl (C=O) groups is 1. The van der Waals surface area contributed by atoms with Crippen molar-refractivity contribution >= 4 is 11.6 Å². The van der Waals surface area contributed by atoms with Gasteiger partial charge in [0.05, 0.1) is 4.92 Å². The molecule has 1 aromatic rings. The minimum absolute atomic E-state index is 0.0312. The lowest BCUT2D eigenvalue weighted by atomic mass is 9.81. The maximum absolute atomic E-state index is 12.3. The van der Waals surface area contributed by atoms with Gasteiger partial charge in [-0.1, -0.05) is 26.8 Å². The fourth-order valence-corrected chi connectivity index (χ4v) is 2.70. The molecule has 21 heavy (non-hydrogen) atoms. The van der Waals surface area contributed by atoms with Crippen molar-refractivity contribution < 1.29 is 9.72 Å².